The Bertz CT molecular complexity index is 752. The highest BCUT2D eigenvalue weighted by Crippen LogP contribution is 2.29. The summed E-state index contributed by atoms with van der Waals surface area (Å²) in [5, 5.41) is 13.8. The second-order valence-electron chi connectivity index (χ2n) is 10.6. The van der Waals surface area contributed by atoms with Crippen LogP contribution in [-0.4, -0.2) is 40.0 Å². The van der Waals surface area contributed by atoms with Gasteiger partial charge in [-0.05, 0) is 42.7 Å². The maximum absolute atomic E-state index is 13.4. The first-order valence-electron chi connectivity index (χ1n) is 13.1. The predicted molar refractivity (Wildman–Crippen MR) is 136 cm³/mol. The molecule has 2 rings (SSSR count). The van der Waals surface area contributed by atoms with Crippen LogP contribution in [0, 0.1) is 23.7 Å². The van der Waals surface area contributed by atoms with Gasteiger partial charge in [-0.2, -0.15) is 0 Å². The molecule has 0 aliphatic heterocycles. The van der Waals surface area contributed by atoms with Crippen LogP contribution < -0.4 is 16.8 Å². The van der Waals surface area contributed by atoms with Crippen molar-refractivity contribution in [2.45, 2.75) is 103 Å². The maximum atomic E-state index is 13.4. The summed E-state index contributed by atoms with van der Waals surface area (Å²) in [4.78, 5) is 31.0. The summed E-state index contributed by atoms with van der Waals surface area (Å²) in [7, 11) is 0. The number of nitrogens with one attached hydrogen (secondary N) is 1. The van der Waals surface area contributed by atoms with Crippen molar-refractivity contribution >= 4 is 11.7 Å². The quantitative estimate of drug-likeness (QED) is 0.346. The van der Waals surface area contributed by atoms with Crippen molar-refractivity contribution in [1.82, 2.24) is 10.3 Å². The smallest absolute Gasteiger partial charge is 0.224 e. The topological polar surface area (TPSA) is 131 Å². The number of aromatic nitrogens is 1. The van der Waals surface area contributed by atoms with E-state index in [1.807, 2.05) is 27.7 Å². The van der Waals surface area contributed by atoms with Gasteiger partial charge in [-0.1, -0.05) is 72.3 Å². The SMILES string of the molecule is CC[C@H](C)[C@H](N)C(=O)C(NC(=O)C(CC(O)C(N)CC1CCCCC1)C(C)C)c1ccccn1. The number of Topliss-reactive ketones (excluding diaryl/α,β-unsaturated/α-hetero) is 1. The summed E-state index contributed by atoms with van der Waals surface area (Å²) in [6, 6.07) is 3.30. The first kappa shape index (κ1) is 28.4. The van der Waals surface area contributed by atoms with E-state index in [2.05, 4.69) is 10.3 Å². The van der Waals surface area contributed by atoms with Crippen molar-refractivity contribution in [2.75, 3.05) is 0 Å². The fourth-order valence-electron chi connectivity index (χ4n) is 4.90. The summed E-state index contributed by atoms with van der Waals surface area (Å²) in [6.45, 7) is 7.82. The minimum atomic E-state index is -0.924. The average molecular weight is 475 g/mol. The molecule has 192 valence electrons. The number of amides is 1. The van der Waals surface area contributed by atoms with Crippen LogP contribution in [0.1, 0.15) is 90.8 Å². The van der Waals surface area contributed by atoms with Gasteiger partial charge in [-0.3, -0.25) is 14.6 Å². The monoisotopic (exact) mass is 474 g/mol. The number of ketones is 1. The molecule has 0 radical (unpaired) electrons. The van der Waals surface area contributed by atoms with E-state index >= 15 is 0 Å². The Morgan fingerprint density at radius 3 is 2.38 bits per heavy atom. The van der Waals surface area contributed by atoms with Gasteiger partial charge in [0.05, 0.1) is 17.8 Å². The Hall–Kier alpha value is -1.83. The number of nitrogens with two attached hydrogens (primary N) is 2. The predicted octanol–water partition coefficient (Wildman–Crippen LogP) is 3.50. The van der Waals surface area contributed by atoms with Crippen LogP contribution in [0.25, 0.3) is 0 Å². The normalized spacial score (nSPS) is 20.2. The van der Waals surface area contributed by atoms with Gasteiger partial charge < -0.3 is 21.9 Å². The van der Waals surface area contributed by atoms with Gasteiger partial charge in [0, 0.05) is 18.2 Å². The van der Waals surface area contributed by atoms with Crippen LogP contribution in [0.3, 0.4) is 0 Å². The number of carbonyl (C=O) groups excluding carboxylic acids is 2. The molecule has 6 atom stereocenters. The summed E-state index contributed by atoms with van der Waals surface area (Å²) in [6.07, 6.45) is 8.70. The molecule has 1 aliphatic carbocycles. The molecule has 0 bridgehead atoms. The van der Waals surface area contributed by atoms with E-state index in [9.17, 15) is 14.7 Å². The Labute approximate surface area is 205 Å². The Morgan fingerprint density at radius 1 is 1.15 bits per heavy atom. The van der Waals surface area contributed by atoms with E-state index in [1.165, 1.54) is 32.1 Å². The summed E-state index contributed by atoms with van der Waals surface area (Å²) >= 11 is 0. The molecule has 1 saturated carbocycles. The van der Waals surface area contributed by atoms with E-state index in [0.29, 0.717) is 11.6 Å². The molecule has 1 amide bonds. The number of aliphatic hydroxyl groups is 1. The van der Waals surface area contributed by atoms with E-state index in [0.717, 1.165) is 12.8 Å². The number of pyridine rings is 1. The van der Waals surface area contributed by atoms with Gasteiger partial charge in [-0.15, -0.1) is 0 Å². The molecule has 1 aromatic heterocycles. The Balaban J connectivity index is 2.12. The highest BCUT2D eigenvalue weighted by atomic mass is 16.3. The summed E-state index contributed by atoms with van der Waals surface area (Å²) in [5.74, 6) is -0.503. The maximum Gasteiger partial charge on any atom is 0.224 e. The van der Waals surface area contributed by atoms with E-state index in [-0.39, 0.29) is 36.0 Å². The number of carbonyl (C=O) groups is 2. The zero-order chi connectivity index (χ0) is 25.3. The third kappa shape index (κ3) is 8.14. The highest BCUT2D eigenvalue weighted by Gasteiger charge is 2.35. The molecular weight excluding hydrogens is 428 g/mol. The first-order valence-corrected chi connectivity index (χ1v) is 13.1. The molecule has 34 heavy (non-hydrogen) atoms. The Kier molecular flexibility index (Phi) is 11.6. The zero-order valence-corrected chi connectivity index (χ0v) is 21.5. The molecule has 1 aromatic rings. The van der Waals surface area contributed by atoms with Crippen LogP contribution in [0.4, 0.5) is 0 Å². The third-order valence-electron chi connectivity index (χ3n) is 7.60. The van der Waals surface area contributed by atoms with Gasteiger partial charge in [0.25, 0.3) is 0 Å². The van der Waals surface area contributed by atoms with Crippen LogP contribution >= 0.6 is 0 Å². The van der Waals surface area contributed by atoms with Crippen molar-refractivity contribution in [3.05, 3.63) is 30.1 Å². The van der Waals surface area contributed by atoms with Crippen LogP contribution in [0.15, 0.2) is 24.4 Å². The minimum Gasteiger partial charge on any atom is -0.391 e. The van der Waals surface area contributed by atoms with Crippen LogP contribution in [-0.2, 0) is 9.59 Å². The van der Waals surface area contributed by atoms with Gasteiger partial charge >= 0.3 is 0 Å². The Morgan fingerprint density at radius 2 is 1.82 bits per heavy atom. The lowest BCUT2D eigenvalue weighted by Crippen LogP contribution is -2.48. The highest BCUT2D eigenvalue weighted by molar-refractivity contribution is 5.93. The molecule has 6 N–H and O–H groups in total. The van der Waals surface area contributed by atoms with Gasteiger partial charge in [0.1, 0.15) is 6.04 Å². The van der Waals surface area contributed by atoms with Crippen LogP contribution in [0.5, 0.6) is 0 Å². The number of rotatable bonds is 13. The standard InChI is InChI=1S/C27H46N4O3/c1-5-18(4)24(29)26(33)25(22-13-9-10-14-30-22)31-27(34)20(17(2)3)16-23(32)21(28)15-19-11-7-6-8-12-19/h9-10,13-14,17-21,23-25,32H,5-8,11-12,15-16,28-29H2,1-4H3,(H,31,34)/t18-,20?,21?,23?,24-,25?/m0/s1. The van der Waals surface area contributed by atoms with Crippen molar-refractivity contribution < 1.29 is 14.7 Å². The minimum absolute atomic E-state index is 0.0175. The molecule has 7 nitrogen and oxygen atoms in total. The number of hydrogen-bond donors (Lipinski definition) is 4. The van der Waals surface area contributed by atoms with E-state index < -0.39 is 24.1 Å². The number of hydrogen-bond acceptors (Lipinski definition) is 6. The summed E-state index contributed by atoms with van der Waals surface area (Å²) in [5.41, 5.74) is 13.1. The van der Waals surface area contributed by atoms with Gasteiger partial charge in [-0.25, -0.2) is 0 Å². The molecule has 1 heterocycles. The lowest BCUT2D eigenvalue weighted by atomic mass is 9.81. The third-order valence-corrected chi connectivity index (χ3v) is 7.60. The largest absolute Gasteiger partial charge is 0.391 e. The molecule has 7 heteroatoms. The van der Waals surface area contributed by atoms with Gasteiger partial charge in [0.2, 0.25) is 5.91 Å². The van der Waals surface area contributed by atoms with E-state index in [4.69, 9.17) is 11.5 Å². The molecular formula is C27H46N4O3. The fourth-order valence-corrected chi connectivity index (χ4v) is 4.90. The lowest BCUT2D eigenvalue weighted by Gasteiger charge is -2.31. The fraction of sp³-hybridized carbons (Fsp3) is 0.741. The average Bonchev–Trinajstić information content (AvgIpc) is 2.84. The van der Waals surface area contributed by atoms with Gasteiger partial charge in [0.15, 0.2) is 5.78 Å². The first-order chi connectivity index (χ1) is 16.1. The van der Waals surface area contributed by atoms with Crippen LogP contribution in [0.2, 0.25) is 0 Å². The molecule has 1 aliphatic rings. The summed E-state index contributed by atoms with van der Waals surface area (Å²) < 4.78 is 0. The number of aliphatic hydroxyl groups excluding tert-OH is 1. The molecule has 4 unspecified atom stereocenters. The van der Waals surface area contributed by atoms with Crippen molar-refractivity contribution in [2.24, 2.45) is 35.1 Å². The second-order valence-corrected chi connectivity index (χ2v) is 10.6. The van der Waals surface area contributed by atoms with Crippen molar-refractivity contribution in [3.8, 4) is 0 Å². The van der Waals surface area contributed by atoms with Crippen molar-refractivity contribution in [3.63, 3.8) is 0 Å². The lowest BCUT2D eigenvalue weighted by molar-refractivity contribution is -0.133. The zero-order valence-electron chi connectivity index (χ0n) is 21.5. The molecule has 0 saturated heterocycles. The van der Waals surface area contributed by atoms with Crippen molar-refractivity contribution in [1.29, 1.82) is 0 Å². The van der Waals surface area contributed by atoms with E-state index in [1.54, 1.807) is 24.4 Å². The molecule has 0 spiro atoms. The molecule has 0 aromatic carbocycles. The number of nitrogens with zero attached hydrogens (tertiary/aromatic N) is 1. The molecule has 1 fully saturated rings. The second kappa shape index (κ2) is 13.9.